The van der Waals surface area contributed by atoms with Crippen molar-refractivity contribution >= 4 is 34.4 Å². The van der Waals surface area contributed by atoms with Crippen LogP contribution >= 0.6 is 0 Å². The van der Waals surface area contributed by atoms with Crippen LogP contribution in [-0.2, 0) is 20.8 Å². The molecular weight excluding hydrogens is 445 g/mol. The van der Waals surface area contributed by atoms with E-state index in [1.54, 1.807) is 17.3 Å². The average Bonchev–Trinajstić information content (AvgIpc) is 3.33. The number of alkyl halides is 3. The van der Waals surface area contributed by atoms with E-state index in [1.165, 1.54) is 0 Å². The maximum absolute atomic E-state index is 12.3. The summed E-state index contributed by atoms with van der Waals surface area (Å²) in [6.07, 6.45) is -0.622. The molecule has 4 N–H and O–H groups in total. The highest BCUT2D eigenvalue weighted by Crippen LogP contribution is 2.21. The van der Waals surface area contributed by atoms with Gasteiger partial charge in [-0.3, -0.25) is 14.7 Å². The Morgan fingerprint density at radius 2 is 1.94 bits per heavy atom. The number of aryl methyl sites for hydroxylation is 2. The predicted molar refractivity (Wildman–Crippen MR) is 110 cm³/mol. The van der Waals surface area contributed by atoms with Crippen molar-refractivity contribution in [2.75, 3.05) is 18.4 Å². The highest BCUT2D eigenvalue weighted by molar-refractivity contribution is 5.96. The third-order valence-electron chi connectivity index (χ3n) is 4.89. The summed E-state index contributed by atoms with van der Waals surface area (Å²) in [5, 5.41) is 17.8. The van der Waals surface area contributed by atoms with E-state index < -0.39 is 12.1 Å². The zero-order valence-corrected chi connectivity index (χ0v) is 17.4. The first kappa shape index (κ1) is 23.8. The minimum atomic E-state index is -5.08. The predicted octanol–water partition coefficient (Wildman–Crippen LogP) is 2.26. The zero-order chi connectivity index (χ0) is 24.2. The maximum atomic E-state index is 12.3. The van der Waals surface area contributed by atoms with Gasteiger partial charge in [-0.05, 0) is 25.1 Å². The van der Waals surface area contributed by atoms with Gasteiger partial charge in [0, 0.05) is 48.9 Å². The van der Waals surface area contributed by atoms with E-state index >= 15 is 0 Å². The minimum absolute atomic E-state index is 0.0569. The number of carboxylic acid groups (broad SMARTS) is 1. The molecule has 1 aliphatic rings. The second-order valence-corrected chi connectivity index (χ2v) is 7.47. The van der Waals surface area contributed by atoms with Gasteiger partial charge in [0.25, 0.3) is 0 Å². The molecular formula is C20H21F3N6O4. The molecule has 2 aromatic heterocycles. The largest absolute Gasteiger partial charge is 0.490 e. The number of aromatic nitrogens is 4. The number of halogens is 3. The number of imidazole rings is 1. The Morgan fingerprint density at radius 1 is 1.24 bits per heavy atom. The number of hydrogen-bond donors (Lipinski definition) is 4. The lowest BCUT2D eigenvalue weighted by molar-refractivity contribution is -0.192. The van der Waals surface area contributed by atoms with Crippen molar-refractivity contribution in [3.63, 3.8) is 0 Å². The lowest BCUT2D eigenvalue weighted by Crippen LogP contribution is -2.54. The van der Waals surface area contributed by atoms with Gasteiger partial charge in [0.1, 0.15) is 5.82 Å². The first-order valence-electron chi connectivity index (χ1n) is 9.85. The molecule has 33 heavy (non-hydrogen) atoms. The maximum Gasteiger partial charge on any atom is 0.490 e. The van der Waals surface area contributed by atoms with Crippen molar-refractivity contribution in [1.82, 2.24) is 25.1 Å². The van der Waals surface area contributed by atoms with Crippen molar-refractivity contribution in [3.8, 4) is 0 Å². The number of nitrogens with one attached hydrogen (secondary N) is 3. The summed E-state index contributed by atoms with van der Waals surface area (Å²) in [5.74, 6) is -2.10. The quantitative estimate of drug-likeness (QED) is 0.454. The molecule has 0 spiro atoms. The molecule has 3 aromatic rings. The molecule has 3 heterocycles. The number of aromatic amines is 2. The number of hydrogen-bond acceptors (Lipinski definition) is 5. The number of carbonyl (C=O) groups excluding carboxylic acids is 2. The molecule has 0 bridgehead atoms. The summed E-state index contributed by atoms with van der Waals surface area (Å²) < 4.78 is 31.7. The number of carboxylic acids is 1. The van der Waals surface area contributed by atoms with Gasteiger partial charge in [0.15, 0.2) is 0 Å². The Balaban J connectivity index is 0.000000383. The van der Waals surface area contributed by atoms with Gasteiger partial charge in [-0.25, -0.2) is 9.78 Å². The number of nitrogens with zero attached hydrogens (tertiary/aromatic N) is 3. The summed E-state index contributed by atoms with van der Waals surface area (Å²) in [6, 6.07) is 5.60. The van der Waals surface area contributed by atoms with Crippen LogP contribution in [-0.4, -0.2) is 67.2 Å². The molecule has 1 aromatic carbocycles. The van der Waals surface area contributed by atoms with Gasteiger partial charge >= 0.3 is 12.1 Å². The highest BCUT2D eigenvalue weighted by Gasteiger charge is 2.38. The van der Waals surface area contributed by atoms with E-state index in [2.05, 4.69) is 25.5 Å². The number of aliphatic carboxylic acids is 1. The topological polar surface area (TPSA) is 144 Å². The number of fused-ring (bicyclic) bond motifs is 1. The van der Waals surface area contributed by atoms with E-state index in [1.807, 2.05) is 25.1 Å². The Kier molecular flexibility index (Phi) is 6.99. The van der Waals surface area contributed by atoms with Crippen LogP contribution in [0.4, 0.5) is 18.9 Å². The van der Waals surface area contributed by atoms with E-state index in [0.717, 1.165) is 28.1 Å². The average molecular weight is 466 g/mol. The van der Waals surface area contributed by atoms with Gasteiger partial charge in [-0.2, -0.15) is 18.3 Å². The number of amides is 2. The third kappa shape index (κ3) is 6.30. The minimum Gasteiger partial charge on any atom is -0.475 e. The molecule has 4 rings (SSSR count). The van der Waals surface area contributed by atoms with Gasteiger partial charge in [-0.15, -0.1) is 0 Å². The molecule has 0 aliphatic carbocycles. The summed E-state index contributed by atoms with van der Waals surface area (Å²) in [7, 11) is 0. The highest BCUT2D eigenvalue weighted by atomic mass is 19.4. The Morgan fingerprint density at radius 3 is 2.55 bits per heavy atom. The second kappa shape index (κ2) is 9.71. The van der Waals surface area contributed by atoms with Crippen LogP contribution in [0.1, 0.15) is 17.9 Å². The van der Waals surface area contributed by atoms with E-state index in [9.17, 15) is 22.8 Å². The molecule has 1 saturated heterocycles. The fraction of sp³-hybridized carbons (Fsp3) is 0.350. The monoisotopic (exact) mass is 466 g/mol. The lowest BCUT2D eigenvalue weighted by Gasteiger charge is -2.38. The van der Waals surface area contributed by atoms with Crippen LogP contribution in [0.25, 0.3) is 10.9 Å². The van der Waals surface area contributed by atoms with Crippen LogP contribution in [0.5, 0.6) is 0 Å². The van der Waals surface area contributed by atoms with Gasteiger partial charge < -0.3 is 20.3 Å². The van der Waals surface area contributed by atoms with Crippen LogP contribution in [0.3, 0.4) is 0 Å². The number of H-pyrrole nitrogens is 2. The van der Waals surface area contributed by atoms with Gasteiger partial charge in [0.05, 0.1) is 17.6 Å². The lowest BCUT2D eigenvalue weighted by atomic mass is 9.98. The van der Waals surface area contributed by atoms with E-state index in [4.69, 9.17) is 9.90 Å². The van der Waals surface area contributed by atoms with Crippen molar-refractivity contribution in [2.45, 2.75) is 25.9 Å². The Labute approximate surface area is 185 Å². The number of likely N-dealkylation sites (tertiary alicyclic amines) is 1. The van der Waals surface area contributed by atoms with E-state index in [0.29, 0.717) is 25.9 Å². The third-order valence-corrected chi connectivity index (χ3v) is 4.89. The standard InChI is InChI=1S/C18H20N6O2.C2HF3O2/c1-11-7-19-16(21-11)4-5-17(25)24-9-13(10-24)18(26)22-14-2-3-15-12(6-14)8-20-23-15;3-2(4,5)1(6)7/h2-3,6-8,13H,4-5,9-10H2,1H3,(H,19,21)(H,20,23)(H,22,26);(H,6,7). The summed E-state index contributed by atoms with van der Waals surface area (Å²) in [4.78, 5) is 42.5. The number of carbonyl (C=O) groups is 3. The van der Waals surface area contributed by atoms with Gasteiger partial charge in [0.2, 0.25) is 11.8 Å². The fourth-order valence-corrected chi connectivity index (χ4v) is 3.09. The molecule has 1 aliphatic heterocycles. The SMILES string of the molecule is Cc1cnc(CCC(=O)N2CC(C(=O)Nc3ccc4[nH]ncc4c3)C2)[nH]1.O=C(O)C(F)(F)F. The fourth-order valence-electron chi connectivity index (χ4n) is 3.09. The molecule has 2 amide bonds. The molecule has 176 valence electrons. The first-order valence-corrected chi connectivity index (χ1v) is 9.85. The summed E-state index contributed by atoms with van der Waals surface area (Å²) in [6.45, 7) is 2.87. The van der Waals surface area contributed by atoms with Crippen molar-refractivity contribution in [2.24, 2.45) is 5.92 Å². The smallest absolute Gasteiger partial charge is 0.475 e. The van der Waals surface area contributed by atoms with Crippen molar-refractivity contribution in [3.05, 3.63) is 42.1 Å². The summed E-state index contributed by atoms with van der Waals surface area (Å²) >= 11 is 0. The first-order chi connectivity index (χ1) is 15.5. The van der Waals surface area contributed by atoms with Crippen LogP contribution in [0.15, 0.2) is 30.6 Å². The number of anilines is 1. The second-order valence-electron chi connectivity index (χ2n) is 7.47. The molecule has 1 fully saturated rings. The van der Waals surface area contributed by atoms with Crippen LogP contribution in [0.2, 0.25) is 0 Å². The summed E-state index contributed by atoms with van der Waals surface area (Å²) in [5.41, 5.74) is 2.65. The van der Waals surface area contributed by atoms with Crippen molar-refractivity contribution < 1.29 is 32.7 Å². The Hall–Kier alpha value is -3.90. The normalized spacial score (nSPS) is 13.8. The van der Waals surface area contributed by atoms with Gasteiger partial charge in [-0.1, -0.05) is 0 Å². The molecule has 0 unspecified atom stereocenters. The molecule has 13 heteroatoms. The van der Waals surface area contributed by atoms with Crippen LogP contribution < -0.4 is 5.32 Å². The molecule has 0 atom stereocenters. The Bertz CT molecular complexity index is 1150. The number of rotatable bonds is 5. The van der Waals surface area contributed by atoms with Crippen molar-refractivity contribution in [1.29, 1.82) is 0 Å². The number of benzene rings is 1. The van der Waals surface area contributed by atoms with E-state index in [-0.39, 0.29) is 17.7 Å². The molecule has 0 saturated carbocycles. The van der Waals surface area contributed by atoms with Crippen LogP contribution in [0, 0.1) is 12.8 Å². The molecule has 0 radical (unpaired) electrons. The molecule has 10 nitrogen and oxygen atoms in total. The zero-order valence-electron chi connectivity index (χ0n) is 17.4.